The summed E-state index contributed by atoms with van der Waals surface area (Å²) in [5, 5.41) is 3.12. The first-order chi connectivity index (χ1) is 10.7. The Morgan fingerprint density at radius 2 is 1.91 bits per heavy atom. The second-order valence-electron chi connectivity index (χ2n) is 4.99. The van der Waals surface area contributed by atoms with E-state index in [1.54, 1.807) is 6.26 Å². The van der Waals surface area contributed by atoms with Crippen LogP contribution in [0, 0.1) is 0 Å². The second kappa shape index (κ2) is 8.14. The number of hydrogen-bond donors (Lipinski definition) is 1. The Morgan fingerprint density at radius 3 is 2.55 bits per heavy atom. The van der Waals surface area contributed by atoms with Gasteiger partial charge in [-0.25, -0.2) is 0 Å². The molecule has 0 unspecified atom stereocenters. The molecule has 1 N–H and O–H groups in total. The van der Waals surface area contributed by atoms with Gasteiger partial charge in [-0.15, -0.1) is 0 Å². The number of carbonyl (C=O) groups excluding carboxylic acids is 2. The molecular weight excluding hydrogens is 280 g/mol. The predicted octanol–water partition coefficient (Wildman–Crippen LogP) is 2.33. The van der Waals surface area contributed by atoms with Gasteiger partial charge in [0.15, 0.2) is 0 Å². The highest BCUT2D eigenvalue weighted by atomic mass is 16.3. The Bertz CT molecular complexity index is 594. The van der Waals surface area contributed by atoms with Crippen molar-refractivity contribution in [3.8, 4) is 0 Å². The van der Waals surface area contributed by atoms with Gasteiger partial charge in [0.25, 0.3) is 0 Å². The molecule has 2 amide bonds. The lowest BCUT2D eigenvalue weighted by Crippen LogP contribution is -2.36. The summed E-state index contributed by atoms with van der Waals surface area (Å²) in [4.78, 5) is 25.2. The van der Waals surface area contributed by atoms with Crippen molar-refractivity contribution in [2.45, 2.75) is 26.4 Å². The summed E-state index contributed by atoms with van der Waals surface area (Å²) in [6, 6.07) is 13.2. The van der Waals surface area contributed by atoms with E-state index in [4.69, 9.17) is 4.42 Å². The summed E-state index contributed by atoms with van der Waals surface area (Å²) in [6.07, 6.45) is 1.88. The van der Waals surface area contributed by atoms with E-state index in [2.05, 4.69) is 5.32 Å². The number of nitrogens with one attached hydrogen (secondary N) is 1. The predicted molar refractivity (Wildman–Crippen MR) is 82.7 cm³/mol. The lowest BCUT2D eigenvalue weighted by molar-refractivity contribution is -0.144. The zero-order chi connectivity index (χ0) is 15.8. The quantitative estimate of drug-likeness (QED) is 0.797. The minimum Gasteiger partial charge on any atom is -0.468 e. The van der Waals surface area contributed by atoms with E-state index >= 15 is 0 Å². The molecule has 0 aliphatic heterocycles. The molecule has 22 heavy (non-hydrogen) atoms. The van der Waals surface area contributed by atoms with Crippen molar-refractivity contribution in [2.75, 3.05) is 6.54 Å². The van der Waals surface area contributed by atoms with Crippen molar-refractivity contribution < 1.29 is 14.0 Å². The van der Waals surface area contributed by atoms with Crippen LogP contribution in [0.2, 0.25) is 0 Å². The van der Waals surface area contributed by atoms with E-state index in [1.165, 1.54) is 11.8 Å². The molecule has 116 valence electrons. The first-order valence-corrected chi connectivity index (χ1v) is 7.25. The van der Waals surface area contributed by atoms with Crippen LogP contribution < -0.4 is 5.32 Å². The minimum absolute atomic E-state index is 0.178. The van der Waals surface area contributed by atoms with Crippen molar-refractivity contribution >= 4 is 11.8 Å². The van der Waals surface area contributed by atoms with Gasteiger partial charge in [0, 0.05) is 19.9 Å². The molecule has 0 spiro atoms. The third-order valence-corrected chi connectivity index (χ3v) is 3.26. The zero-order valence-electron chi connectivity index (χ0n) is 12.6. The van der Waals surface area contributed by atoms with Gasteiger partial charge in [-0.1, -0.05) is 30.3 Å². The lowest BCUT2D eigenvalue weighted by Gasteiger charge is -2.19. The van der Waals surface area contributed by atoms with E-state index in [9.17, 15) is 9.59 Å². The van der Waals surface area contributed by atoms with Crippen LogP contribution in [0.4, 0.5) is 0 Å². The highest BCUT2D eigenvalue weighted by molar-refractivity contribution is 5.94. The van der Waals surface area contributed by atoms with Crippen LogP contribution >= 0.6 is 0 Å². The molecule has 0 bridgehead atoms. The maximum Gasteiger partial charge on any atom is 0.230 e. The van der Waals surface area contributed by atoms with Crippen molar-refractivity contribution in [2.24, 2.45) is 0 Å². The summed E-state index contributed by atoms with van der Waals surface area (Å²) >= 11 is 0. The molecule has 0 atom stereocenters. The van der Waals surface area contributed by atoms with E-state index in [0.717, 1.165) is 11.3 Å². The fourth-order valence-corrected chi connectivity index (χ4v) is 2.10. The number of amides is 2. The van der Waals surface area contributed by atoms with Gasteiger partial charge in [-0.05, 0) is 17.7 Å². The molecule has 0 aliphatic carbocycles. The molecule has 2 aromatic rings. The summed E-state index contributed by atoms with van der Waals surface area (Å²) in [5.41, 5.74) is 0.939. The van der Waals surface area contributed by atoms with Crippen LogP contribution in [-0.2, 0) is 22.7 Å². The normalized spacial score (nSPS) is 10.4. The minimum atomic E-state index is -0.236. The Kier molecular flexibility index (Phi) is 5.91. The number of nitrogens with zero attached hydrogens (tertiary/aromatic N) is 1. The van der Waals surface area contributed by atoms with E-state index in [1.807, 2.05) is 42.5 Å². The standard InChI is InChI=1S/C17H20N2O3/c1-14(20)19(13-15-6-3-2-4-7-15)17(21)9-10-18-12-16-8-5-11-22-16/h2-8,11,18H,9-10,12-13H2,1H3. The number of furan rings is 1. The van der Waals surface area contributed by atoms with Gasteiger partial charge in [0.2, 0.25) is 11.8 Å². The number of rotatable bonds is 7. The van der Waals surface area contributed by atoms with Gasteiger partial charge < -0.3 is 9.73 Å². The summed E-state index contributed by atoms with van der Waals surface area (Å²) < 4.78 is 5.19. The molecule has 1 aromatic heterocycles. The number of benzene rings is 1. The summed E-state index contributed by atoms with van der Waals surface area (Å²) in [7, 11) is 0. The highest BCUT2D eigenvalue weighted by Crippen LogP contribution is 2.06. The van der Waals surface area contributed by atoms with Crippen LogP contribution in [0.3, 0.4) is 0 Å². The first kappa shape index (κ1) is 16.0. The summed E-state index contributed by atoms with van der Waals surface area (Å²) in [5.74, 6) is 0.406. The third-order valence-electron chi connectivity index (χ3n) is 3.26. The van der Waals surface area contributed by atoms with Crippen LogP contribution in [0.25, 0.3) is 0 Å². The third kappa shape index (κ3) is 4.86. The molecule has 1 heterocycles. The molecule has 0 saturated carbocycles. The Labute approximate surface area is 129 Å². The average molecular weight is 300 g/mol. The van der Waals surface area contributed by atoms with E-state index < -0.39 is 0 Å². The molecule has 5 nitrogen and oxygen atoms in total. The van der Waals surface area contributed by atoms with Crippen molar-refractivity contribution in [1.29, 1.82) is 0 Å². The first-order valence-electron chi connectivity index (χ1n) is 7.25. The second-order valence-corrected chi connectivity index (χ2v) is 4.99. The lowest BCUT2D eigenvalue weighted by atomic mass is 10.2. The Hall–Kier alpha value is -2.40. The molecule has 1 aromatic carbocycles. The van der Waals surface area contributed by atoms with Gasteiger partial charge in [0.05, 0.1) is 19.4 Å². The topological polar surface area (TPSA) is 62.6 Å². The molecule has 0 fully saturated rings. The zero-order valence-corrected chi connectivity index (χ0v) is 12.6. The smallest absolute Gasteiger partial charge is 0.230 e. The summed E-state index contributed by atoms with van der Waals surface area (Å²) in [6.45, 7) is 2.79. The van der Waals surface area contributed by atoms with Gasteiger partial charge >= 0.3 is 0 Å². The molecule has 5 heteroatoms. The van der Waals surface area contributed by atoms with Gasteiger partial charge in [-0.3, -0.25) is 14.5 Å². The Morgan fingerprint density at radius 1 is 1.14 bits per heavy atom. The van der Waals surface area contributed by atoms with Gasteiger partial charge in [-0.2, -0.15) is 0 Å². The molecule has 0 saturated heterocycles. The molecule has 0 aliphatic rings. The van der Waals surface area contributed by atoms with E-state index in [0.29, 0.717) is 19.6 Å². The van der Waals surface area contributed by atoms with E-state index in [-0.39, 0.29) is 18.2 Å². The van der Waals surface area contributed by atoms with Crippen molar-refractivity contribution in [3.05, 3.63) is 60.1 Å². The fraction of sp³-hybridized carbons (Fsp3) is 0.294. The average Bonchev–Trinajstić information content (AvgIpc) is 3.03. The number of hydrogen-bond acceptors (Lipinski definition) is 4. The van der Waals surface area contributed by atoms with Crippen LogP contribution in [0.1, 0.15) is 24.7 Å². The van der Waals surface area contributed by atoms with Crippen molar-refractivity contribution in [3.63, 3.8) is 0 Å². The maximum absolute atomic E-state index is 12.2. The molecular formula is C17H20N2O3. The van der Waals surface area contributed by atoms with Crippen molar-refractivity contribution in [1.82, 2.24) is 10.2 Å². The van der Waals surface area contributed by atoms with Crippen LogP contribution in [0.5, 0.6) is 0 Å². The van der Waals surface area contributed by atoms with Crippen LogP contribution in [0.15, 0.2) is 53.1 Å². The molecule has 2 rings (SSSR count). The number of carbonyl (C=O) groups is 2. The largest absolute Gasteiger partial charge is 0.468 e. The monoisotopic (exact) mass is 300 g/mol. The fourth-order valence-electron chi connectivity index (χ4n) is 2.10. The highest BCUT2D eigenvalue weighted by Gasteiger charge is 2.17. The molecule has 0 radical (unpaired) electrons. The SMILES string of the molecule is CC(=O)N(Cc1ccccc1)C(=O)CCNCc1ccco1. The Balaban J connectivity index is 1.80. The van der Waals surface area contributed by atoms with Crippen LogP contribution in [-0.4, -0.2) is 23.3 Å². The van der Waals surface area contributed by atoms with Gasteiger partial charge in [0.1, 0.15) is 5.76 Å². The number of imide groups is 1. The maximum atomic E-state index is 12.2.